The largest absolute Gasteiger partial charge is 0.311 e. The van der Waals surface area contributed by atoms with Crippen molar-refractivity contribution in [3.63, 3.8) is 0 Å². The Morgan fingerprint density at radius 2 is 2.29 bits per heavy atom. The lowest BCUT2D eigenvalue weighted by atomic mass is 9.85. The lowest BCUT2D eigenvalue weighted by molar-refractivity contribution is 0.502. The minimum Gasteiger partial charge on any atom is -0.311 e. The van der Waals surface area contributed by atoms with Gasteiger partial charge in [0.05, 0.1) is 0 Å². The van der Waals surface area contributed by atoms with Crippen LogP contribution in [0.15, 0.2) is 18.3 Å². The average molecular weight is 191 g/mol. The van der Waals surface area contributed by atoms with Crippen molar-refractivity contribution in [2.75, 3.05) is 0 Å². The second-order valence-corrected chi connectivity index (χ2v) is 4.30. The fourth-order valence-electron chi connectivity index (χ4n) is 2.80. The van der Waals surface area contributed by atoms with Crippen molar-refractivity contribution >= 4 is 0 Å². The van der Waals surface area contributed by atoms with E-state index in [-0.39, 0.29) is 5.95 Å². The third kappa shape index (κ3) is 1.23. The number of hydrogen-bond donors (Lipinski definition) is 1. The van der Waals surface area contributed by atoms with Gasteiger partial charge in [-0.05, 0) is 30.9 Å². The number of fused-ring (bicyclic) bond motifs is 2. The van der Waals surface area contributed by atoms with Gasteiger partial charge in [0.2, 0.25) is 5.95 Å². The van der Waals surface area contributed by atoms with Crippen molar-refractivity contribution in [1.82, 2.24) is 10.3 Å². The minimum atomic E-state index is -0.384. The first-order chi connectivity index (χ1) is 6.83. The number of hydrogen-bond acceptors (Lipinski definition) is 2. The summed E-state index contributed by atoms with van der Waals surface area (Å²) in [5, 5.41) is 3.57. The third-order valence-electron chi connectivity index (χ3n) is 3.48. The maximum atomic E-state index is 12.6. The molecule has 1 aromatic heterocycles. The molecular formula is C11H13FN2. The Morgan fingerprint density at radius 3 is 2.86 bits per heavy atom. The molecule has 0 spiro atoms. The van der Waals surface area contributed by atoms with E-state index in [0.717, 1.165) is 0 Å². The average Bonchev–Trinajstić information content (AvgIpc) is 2.80. The Kier molecular flexibility index (Phi) is 1.80. The van der Waals surface area contributed by atoms with Crippen LogP contribution in [0.5, 0.6) is 0 Å². The molecule has 1 N–H and O–H groups in total. The van der Waals surface area contributed by atoms with E-state index in [4.69, 9.17) is 0 Å². The van der Waals surface area contributed by atoms with E-state index in [0.29, 0.717) is 18.0 Å². The summed E-state index contributed by atoms with van der Waals surface area (Å²) in [5.41, 5.74) is 1.19. The van der Waals surface area contributed by atoms with Crippen LogP contribution in [-0.4, -0.2) is 17.1 Å². The second kappa shape index (κ2) is 3.02. The highest BCUT2D eigenvalue weighted by Gasteiger charge is 2.39. The molecule has 3 unspecified atom stereocenters. The molecule has 2 saturated heterocycles. The topological polar surface area (TPSA) is 24.9 Å². The predicted molar refractivity (Wildman–Crippen MR) is 51.5 cm³/mol. The van der Waals surface area contributed by atoms with E-state index in [1.165, 1.54) is 30.9 Å². The first kappa shape index (κ1) is 8.36. The van der Waals surface area contributed by atoms with Crippen LogP contribution in [0.4, 0.5) is 4.39 Å². The molecule has 0 radical (unpaired) electrons. The zero-order valence-corrected chi connectivity index (χ0v) is 7.91. The number of rotatable bonds is 1. The molecule has 2 bridgehead atoms. The number of nitrogens with zero attached hydrogens (tertiary/aromatic N) is 1. The van der Waals surface area contributed by atoms with E-state index < -0.39 is 0 Å². The maximum Gasteiger partial charge on any atom is 0.212 e. The monoisotopic (exact) mass is 191 g/mol. The molecule has 14 heavy (non-hydrogen) atoms. The Labute approximate surface area is 82.5 Å². The van der Waals surface area contributed by atoms with Crippen molar-refractivity contribution < 1.29 is 4.39 Å². The molecule has 3 heterocycles. The van der Waals surface area contributed by atoms with Crippen LogP contribution in [-0.2, 0) is 0 Å². The fourth-order valence-corrected chi connectivity index (χ4v) is 2.80. The summed E-state index contributed by atoms with van der Waals surface area (Å²) >= 11 is 0. The Morgan fingerprint density at radius 1 is 1.36 bits per heavy atom. The highest BCUT2D eigenvalue weighted by Crippen LogP contribution is 2.39. The van der Waals surface area contributed by atoms with E-state index in [1.807, 2.05) is 6.07 Å². The Bertz CT molecular complexity index is 336. The van der Waals surface area contributed by atoms with Gasteiger partial charge in [0.1, 0.15) is 0 Å². The lowest BCUT2D eigenvalue weighted by Gasteiger charge is -2.19. The van der Waals surface area contributed by atoms with Crippen LogP contribution in [0.1, 0.15) is 30.7 Å². The van der Waals surface area contributed by atoms with E-state index in [2.05, 4.69) is 10.3 Å². The molecule has 0 saturated carbocycles. The van der Waals surface area contributed by atoms with Crippen LogP contribution >= 0.6 is 0 Å². The molecule has 0 amide bonds. The molecule has 3 rings (SSSR count). The molecule has 3 heteroatoms. The SMILES string of the molecule is [18F]c1ccc(C2CC3CCC2N3)cn1. The van der Waals surface area contributed by atoms with Gasteiger partial charge in [0.15, 0.2) is 0 Å². The van der Waals surface area contributed by atoms with Crippen molar-refractivity contribution in [2.45, 2.75) is 37.3 Å². The predicted octanol–water partition coefficient (Wildman–Crippen LogP) is 1.83. The number of pyridine rings is 1. The van der Waals surface area contributed by atoms with Gasteiger partial charge < -0.3 is 5.32 Å². The van der Waals surface area contributed by atoms with Crippen LogP contribution < -0.4 is 5.32 Å². The molecular weight excluding hydrogens is 178 g/mol. The molecule has 2 aliphatic heterocycles. The normalized spacial score (nSPS) is 35.1. The van der Waals surface area contributed by atoms with Crippen LogP contribution in [0.3, 0.4) is 0 Å². The van der Waals surface area contributed by atoms with Gasteiger partial charge in [0, 0.05) is 24.2 Å². The summed E-state index contributed by atoms with van der Waals surface area (Å²) in [6.45, 7) is 0. The van der Waals surface area contributed by atoms with Gasteiger partial charge in [-0.2, -0.15) is 4.39 Å². The van der Waals surface area contributed by atoms with Gasteiger partial charge in [-0.3, -0.25) is 0 Å². The molecule has 3 atom stereocenters. The zero-order valence-electron chi connectivity index (χ0n) is 7.91. The van der Waals surface area contributed by atoms with Crippen LogP contribution in [0.2, 0.25) is 0 Å². The van der Waals surface area contributed by atoms with Gasteiger partial charge in [-0.25, -0.2) is 4.98 Å². The number of nitrogens with one attached hydrogen (secondary N) is 1. The summed E-state index contributed by atoms with van der Waals surface area (Å²) in [7, 11) is 0. The van der Waals surface area contributed by atoms with Gasteiger partial charge in [-0.1, -0.05) is 6.07 Å². The minimum absolute atomic E-state index is 0.384. The second-order valence-electron chi connectivity index (χ2n) is 4.30. The van der Waals surface area contributed by atoms with Crippen LogP contribution in [0.25, 0.3) is 0 Å². The fraction of sp³-hybridized carbons (Fsp3) is 0.545. The first-order valence-corrected chi connectivity index (χ1v) is 5.20. The summed E-state index contributed by atoms with van der Waals surface area (Å²) in [5.74, 6) is 0.173. The Balaban J connectivity index is 1.86. The van der Waals surface area contributed by atoms with Gasteiger partial charge in [0.25, 0.3) is 0 Å². The number of aromatic nitrogens is 1. The number of halogens is 1. The quantitative estimate of drug-likeness (QED) is 0.685. The molecule has 0 aliphatic carbocycles. The smallest absolute Gasteiger partial charge is 0.212 e. The van der Waals surface area contributed by atoms with Gasteiger partial charge >= 0.3 is 0 Å². The van der Waals surface area contributed by atoms with Crippen LogP contribution in [0, 0.1) is 5.95 Å². The Hall–Kier alpha value is -0.960. The van der Waals surface area contributed by atoms with E-state index >= 15 is 0 Å². The van der Waals surface area contributed by atoms with Crippen molar-refractivity contribution in [3.05, 3.63) is 29.8 Å². The van der Waals surface area contributed by atoms with Crippen molar-refractivity contribution in [3.8, 4) is 0 Å². The van der Waals surface area contributed by atoms with Crippen molar-refractivity contribution in [1.29, 1.82) is 0 Å². The van der Waals surface area contributed by atoms with E-state index in [1.54, 1.807) is 6.20 Å². The van der Waals surface area contributed by atoms with E-state index in [9.17, 15) is 4.39 Å². The highest BCUT2D eigenvalue weighted by molar-refractivity contribution is 5.22. The summed E-state index contributed by atoms with van der Waals surface area (Å²) < 4.78 is 12.6. The summed E-state index contributed by atoms with van der Waals surface area (Å²) in [6.07, 6.45) is 5.43. The molecule has 1 aromatic rings. The maximum absolute atomic E-state index is 12.6. The zero-order chi connectivity index (χ0) is 9.54. The molecule has 0 aromatic carbocycles. The molecule has 2 nitrogen and oxygen atoms in total. The highest BCUT2D eigenvalue weighted by atomic mass is 18.2. The molecule has 74 valence electrons. The van der Waals surface area contributed by atoms with Crippen molar-refractivity contribution in [2.24, 2.45) is 0 Å². The summed E-state index contributed by atoms with van der Waals surface area (Å²) in [6, 6.07) is 4.62. The lowest BCUT2D eigenvalue weighted by Crippen LogP contribution is -2.21. The third-order valence-corrected chi connectivity index (χ3v) is 3.48. The summed E-state index contributed by atoms with van der Waals surface area (Å²) in [4.78, 5) is 3.71. The molecule has 2 fully saturated rings. The van der Waals surface area contributed by atoms with Gasteiger partial charge in [-0.15, -0.1) is 0 Å². The standard InChI is InChI=1S/C11H13FN2/c12-11-4-1-7(6-13-11)9-5-8-2-3-10(9)14-8/h1,4,6,8-10,14H,2-3,5H2/i12-1. The first-order valence-electron chi connectivity index (χ1n) is 5.20. The molecule has 2 aliphatic rings.